The van der Waals surface area contributed by atoms with E-state index in [-0.39, 0.29) is 18.3 Å². The van der Waals surface area contributed by atoms with E-state index < -0.39 is 17.5 Å². The van der Waals surface area contributed by atoms with Crippen LogP contribution in [0, 0.1) is 6.92 Å². The third kappa shape index (κ3) is 5.26. The third-order valence-corrected chi connectivity index (χ3v) is 7.20. The normalized spacial score (nSPS) is 17.2. The molecule has 8 heteroatoms. The topological polar surface area (TPSA) is 91.8 Å². The van der Waals surface area contributed by atoms with E-state index in [9.17, 15) is 9.59 Å². The quantitative estimate of drug-likeness (QED) is 0.321. The van der Waals surface area contributed by atoms with Crippen LogP contribution in [0.15, 0.2) is 94.6 Å². The molecular formula is C31H32N2O6. The summed E-state index contributed by atoms with van der Waals surface area (Å²) in [5.74, 6) is 1.50. The van der Waals surface area contributed by atoms with Gasteiger partial charge in [0.15, 0.2) is 0 Å². The van der Waals surface area contributed by atoms with E-state index in [1.165, 1.54) is 4.57 Å². The van der Waals surface area contributed by atoms with Crippen LogP contribution in [-0.4, -0.2) is 36.5 Å². The van der Waals surface area contributed by atoms with Gasteiger partial charge >= 0.3 is 5.69 Å². The molecule has 0 radical (unpaired) electrons. The standard InChI is InChI=1S/C31H32N2O6/c1-21-19-33(30(35)32-29(21)34)28-18-17-27(39-28)20-38-31(22-7-5-4-6-8-22,23-9-13-25(36-2)14-10-23)24-11-15-26(37-3)16-12-24/h4-16,19,27-28H,17-18,20H2,1-3H3,(H,32,34,35). The summed E-state index contributed by atoms with van der Waals surface area (Å²) in [7, 11) is 3.28. The molecule has 1 aliphatic heterocycles. The zero-order chi connectivity index (χ0) is 27.4. The highest BCUT2D eigenvalue weighted by molar-refractivity contribution is 5.49. The van der Waals surface area contributed by atoms with Gasteiger partial charge in [0.2, 0.25) is 0 Å². The Morgan fingerprint density at radius 3 is 1.97 bits per heavy atom. The first kappa shape index (κ1) is 26.5. The molecule has 2 atom stereocenters. The highest BCUT2D eigenvalue weighted by atomic mass is 16.6. The van der Waals surface area contributed by atoms with Gasteiger partial charge in [-0.2, -0.15) is 0 Å². The summed E-state index contributed by atoms with van der Waals surface area (Å²) in [6.45, 7) is 1.95. The number of rotatable bonds is 9. The minimum atomic E-state index is -0.952. The number of methoxy groups -OCH3 is 2. The van der Waals surface area contributed by atoms with Crippen LogP contribution in [0.3, 0.4) is 0 Å². The van der Waals surface area contributed by atoms with Crippen LogP contribution in [0.4, 0.5) is 0 Å². The first-order valence-corrected chi connectivity index (χ1v) is 12.9. The number of aryl methyl sites for hydroxylation is 1. The highest BCUT2D eigenvalue weighted by Gasteiger charge is 2.39. The van der Waals surface area contributed by atoms with Crippen molar-refractivity contribution in [1.82, 2.24) is 9.55 Å². The average Bonchev–Trinajstić information content (AvgIpc) is 3.45. The Kier molecular flexibility index (Phi) is 7.67. The lowest BCUT2D eigenvalue weighted by atomic mass is 9.80. The molecule has 3 aromatic carbocycles. The second-order valence-corrected chi connectivity index (χ2v) is 9.58. The minimum Gasteiger partial charge on any atom is -0.497 e. The van der Waals surface area contributed by atoms with Crippen LogP contribution in [0.5, 0.6) is 11.5 Å². The highest BCUT2D eigenvalue weighted by Crippen LogP contribution is 2.42. The summed E-state index contributed by atoms with van der Waals surface area (Å²) in [5.41, 5.74) is 1.46. The molecule has 0 spiro atoms. The van der Waals surface area contributed by atoms with Crippen molar-refractivity contribution in [1.29, 1.82) is 0 Å². The number of nitrogens with zero attached hydrogens (tertiary/aromatic N) is 1. The molecule has 0 amide bonds. The van der Waals surface area contributed by atoms with Gasteiger partial charge < -0.3 is 18.9 Å². The summed E-state index contributed by atoms with van der Waals surface area (Å²) in [6.07, 6.45) is 2.15. The number of aromatic amines is 1. The number of nitrogens with one attached hydrogen (secondary N) is 1. The average molecular weight is 529 g/mol. The molecule has 8 nitrogen and oxygen atoms in total. The minimum absolute atomic E-state index is 0.256. The number of H-pyrrole nitrogens is 1. The predicted octanol–water partition coefficient (Wildman–Crippen LogP) is 4.55. The molecule has 2 unspecified atom stereocenters. The molecule has 0 bridgehead atoms. The van der Waals surface area contributed by atoms with Gasteiger partial charge in [0.05, 0.1) is 26.9 Å². The van der Waals surface area contributed by atoms with Gasteiger partial charge in [-0.05, 0) is 60.7 Å². The van der Waals surface area contributed by atoms with Crippen molar-refractivity contribution in [3.8, 4) is 11.5 Å². The van der Waals surface area contributed by atoms with E-state index in [0.29, 0.717) is 18.4 Å². The number of ether oxygens (including phenoxy) is 4. The van der Waals surface area contributed by atoms with Crippen LogP contribution in [-0.2, 0) is 15.1 Å². The molecule has 1 N–H and O–H groups in total. The van der Waals surface area contributed by atoms with Crippen molar-refractivity contribution >= 4 is 0 Å². The SMILES string of the molecule is COc1ccc(C(OCC2CCC(n3cc(C)c(=O)[nH]c3=O)O2)(c2ccccc2)c2ccc(OC)cc2)cc1. The number of benzene rings is 3. The fourth-order valence-corrected chi connectivity index (χ4v) is 5.11. The fourth-order valence-electron chi connectivity index (χ4n) is 5.11. The van der Waals surface area contributed by atoms with E-state index >= 15 is 0 Å². The molecule has 0 saturated carbocycles. The van der Waals surface area contributed by atoms with Crippen LogP contribution in [0.1, 0.15) is 41.3 Å². The van der Waals surface area contributed by atoms with Gasteiger partial charge in [0.1, 0.15) is 23.3 Å². The van der Waals surface area contributed by atoms with Crippen molar-refractivity contribution in [3.05, 3.63) is 128 Å². The van der Waals surface area contributed by atoms with Crippen molar-refractivity contribution in [3.63, 3.8) is 0 Å². The van der Waals surface area contributed by atoms with Crippen molar-refractivity contribution in [2.45, 2.75) is 37.7 Å². The van der Waals surface area contributed by atoms with Crippen molar-refractivity contribution in [2.24, 2.45) is 0 Å². The van der Waals surface area contributed by atoms with Crippen LogP contribution >= 0.6 is 0 Å². The van der Waals surface area contributed by atoms with E-state index in [2.05, 4.69) is 17.1 Å². The van der Waals surface area contributed by atoms with Crippen molar-refractivity contribution < 1.29 is 18.9 Å². The van der Waals surface area contributed by atoms with Gasteiger partial charge in [0.25, 0.3) is 5.56 Å². The summed E-state index contributed by atoms with van der Waals surface area (Å²) in [5, 5.41) is 0. The maximum absolute atomic E-state index is 12.4. The Bertz CT molecular complexity index is 1460. The fraction of sp³-hybridized carbons (Fsp3) is 0.290. The van der Waals surface area contributed by atoms with Crippen LogP contribution in [0.2, 0.25) is 0 Å². The molecule has 1 aromatic heterocycles. The molecular weight excluding hydrogens is 496 g/mol. The molecule has 0 aliphatic carbocycles. The summed E-state index contributed by atoms with van der Waals surface area (Å²) < 4.78 is 25.5. The number of hydrogen-bond acceptors (Lipinski definition) is 6. The van der Waals surface area contributed by atoms with E-state index in [1.807, 2.05) is 66.7 Å². The first-order chi connectivity index (χ1) is 18.9. The summed E-state index contributed by atoms with van der Waals surface area (Å²) in [6, 6.07) is 25.8. The second kappa shape index (κ2) is 11.3. The molecule has 5 rings (SSSR count). The predicted molar refractivity (Wildman–Crippen MR) is 147 cm³/mol. The van der Waals surface area contributed by atoms with Crippen LogP contribution in [0.25, 0.3) is 0 Å². The van der Waals surface area contributed by atoms with Gasteiger partial charge in [-0.25, -0.2) is 4.79 Å². The monoisotopic (exact) mass is 528 g/mol. The molecule has 1 aliphatic rings. The maximum Gasteiger partial charge on any atom is 0.330 e. The zero-order valence-electron chi connectivity index (χ0n) is 22.3. The lowest BCUT2D eigenvalue weighted by molar-refractivity contribution is -0.0774. The van der Waals surface area contributed by atoms with E-state index in [4.69, 9.17) is 18.9 Å². The molecule has 1 fully saturated rings. The lowest BCUT2D eigenvalue weighted by Crippen LogP contribution is -2.36. The molecule has 1 saturated heterocycles. The van der Waals surface area contributed by atoms with Crippen molar-refractivity contribution in [2.75, 3.05) is 20.8 Å². The molecule has 202 valence electrons. The zero-order valence-corrected chi connectivity index (χ0v) is 22.3. The van der Waals surface area contributed by atoms with Gasteiger partial charge in [-0.1, -0.05) is 54.6 Å². The van der Waals surface area contributed by atoms with E-state index in [1.54, 1.807) is 27.3 Å². The molecule has 2 heterocycles. The van der Waals surface area contributed by atoms with Gasteiger partial charge in [-0.3, -0.25) is 14.3 Å². The Balaban J connectivity index is 1.51. The van der Waals surface area contributed by atoms with E-state index in [0.717, 1.165) is 28.2 Å². The Morgan fingerprint density at radius 2 is 1.41 bits per heavy atom. The Hall–Kier alpha value is -4.14. The first-order valence-electron chi connectivity index (χ1n) is 12.9. The summed E-state index contributed by atoms with van der Waals surface area (Å²) >= 11 is 0. The molecule has 39 heavy (non-hydrogen) atoms. The Labute approximate surface area is 226 Å². The third-order valence-electron chi connectivity index (χ3n) is 7.20. The maximum atomic E-state index is 12.4. The molecule has 4 aromatic rings. The number of hydrogen-bond donors (Lipinski definition) is 1. The summed E-state index contributed by atoms with van der Waals surface area (Å²) in [4.78, 5) is 26.6. The van der Waals surface area contributed by atoms with Gasteiger partial charge in [-0.15, -0.1) is 0 Å². The largest absolute Gasteiger partial charge is 0.497 e. The second-order valence-electron chi connectivity index (χ2n) is 9.58. The number of aromatic nitrogens is 2. The smallest absolute Gasteiger partial charge is 0.330 e. The Morgan fingerprint density at radius 1 is 0.846 bits per heavy atom. The van der Waals surface area contributed by atoms with Gasteiger partial charge in [0, 0.05) is 11.8 Å². The van der Waals surface area contributed by atoms with Crippen LogP contribution < -0.4 is 20.7 Å². The lowest BCUT2D eigenvalue weighted by Gasteiger charge is -2.37.